The number of nitrogens with zero attached hydrogens (tertiary/aromatic N) is 3. The number of methoxy groups -OCH3 is 1. The largest absolute Gasteiger partial charge is 0.497 e. The van der Waals surface area contributed by atoms with Gasteiger partial charge in [-0.25, -0.2) is 0 Å². The van der Waals surface area contributed by atoms with Gasteiger partial charge in [-0.05, 0) is 36.8 Å². The standard InChI is InChI=1S/C24H22N4O4/c1-16-5-3-7-18(11-16)23-26-24(32-27-23)19-9-10-22(30)28(14-19)15-21(29)25-13-17-6-4-8-20(12-17)31-2/h3-12,14H,13,15H2,1-2H3,(H,25,29). The number of benzene rings is 2. The fourth-order valence-electron chi connectivity index (χ4n) is 3.22. The van der Waals surface area contributed by atoms with Crippen LogP contribution in [0.5, 0.6) is 5.75 Å². The number of pyridine rings is 1. The Morgan fingerprint density at radius 2 is 1.94 bits per heavy atom. The zero-order chi connectivity index (χ0) is 22.5. The molecule has 0 aliphatic heterocycles. The molecule has 0 saturated carbocycles. The summed E-state index contributed by atoms with van der Waals surface area (Å²) in [6, 6.07) is 18.2. The van der Waals surface area contributed by atoms with Crippen molar-refractivity contribution in [2.75, 3.05) is 7.11 Å². The number of rotatable bonds is 7. The fraction of sp³-hybridized carbons (Fsp3) is 0.167. The van der Waals surface area contributed by atoms with E-state index >= 15 is 0 Å². The van der Waals surface area contributed by atoms with Gasteiger partial charge in [0.1, 0.15) is 12.3 Å². The van der Waals surface area contributed by atoms with Crippen LogP contribution in [0.1, 0.15) is 11.1 Å². The van der Waals surface area contributed by atoms with Crippen molar-refractivity contribution < 1.29 is 14.1 Å². The van der Waals surface area contributed by atoms with Crippen LogP contribution in [-0.2, 0) is 17.9 Å². The van der Waals surface area contributed by atoms with Crippen molar-refractivity contribution in [2.24, 2.45) is 0 Å². The van der Waals surface area contributed by atoms with Crippen LogP contribution < -0.4 is 15.6 Å². The van der Waals surface area contributed by atoms with Gasteiger partial charge in [-0.15, -0.1) is 0 Å². The molecule has 8 heteroatoms. The van der Waals surface area contributed by atoms with Crippen molar-refractivity contribution in [2.45, 2.75) is 20.0 Å². The van der Waals surface area contributed by atoms with Gasteiger partial charge < -0.3 is 19.1 Å². The molecule has 0 fully saturated rings. The van der Waals surface area contributed by atoms with Gasteiger partial charge >= 0.3 is 0 Å². The normalized spacial score (nSPS) is 10.7. The second-order valence-electron chi connectivity index (χ2n) is 7.30. The van der Waals surface area contributed by atoms with E-state index in [0.717, 1.165) is 16.7 Å². The van der Waals surface area contributed by atoms with Crippen molar-refractivity contribution in [1.82, 2.24) is 20.0 Å². The number of amides is 1. The number of ether oxygens (including phenoxy) is 1. The first-order chi connectivity index (χ1) is 15.5. The number of hydrogen-bond donors (Lipinski definition) is 1. The molecule has 0 unspecified atom stereocenters. The number of nitrogens with one attached hydrogen (secondary N) is 1. The first-order valence-electron chi connectivity index (χ1n) is 10.0. The highest BCUT2D eigenvalue weighted by Gasteiger charge is 2.13. The van der Waals surface area contributed by atoms with Gasteiger partial charge in [-0.1, -0.05) is 41.1 Å². The molecular weight excluding hydrogens is 408 g/mol. The smallest absolute Gasteiger partial charge is 0.259 e. The molecule has 0 aliphatic rings. The Morgan fingerprint density at radius 3 is 2.75 bits per heavy atom. The van der Waals surface area contributed by atoms with Crippen molar-refractivity contribution in [1.29, 1.82) is 0 Å². The molecule has 0 spiro atoms. The Balaban J connectivity index is 1.47. The topological polar surface area (TPSA) is 99.2 Å². The third-order valence-electron chi connectivity index (χ3n) is 4.87. The van der Waals surface area contributed by atoms with Gasteiger partial charge in [-0.2, -0.15) is 4.98 Å². The van der Waals surface area contributed by atoms with Crippen molar-refractivity contribution in [3.63, 3.8) is 0 Å². The SMILES string of the molecule is COc1cccc(CNC(=O)Cn2cc(-c3nc(-c4cccc(C)c4)no3)ccc2=O)c1. The van der Waals surface area contributed by atoms with E-state index in [4.69, 9.17) is 9.26 Å². The highest BCUT2D eigenvalue weighted by Crippen LogP contribution is 2.22. The molecule has 2 aromatic carbocycles. The van der Waals surface area contributed by atoms with Crippen LogP contribution in [-0.4, -0.2) is 27.7 Å². The minimum absolute atomic E-state index is 0.129. The quantitative estimate of drug-likeness (QED) is 0.483. The minimum Gasteiger partial charge on any atom is -0.497 e. The summed E-state index contributed by atoms with van der Waals surface area (Å²) in [5.41, 5.74) is 3.07. The molecule has 0 saturated heterocycles. The molecule has 0 aliphatic carbocycles. The average Bonchev–Trinajstić information content (AvgIpc) is 3.30. The maximum atomic E-state index is 12.4. The Bertz CT molecular complexity index is 1310. The Labute approximate surface area is 184 Å². The number of carbonyl (C=O) groups excluding carboxylic acids is 1. The molecule has 32 heavy (non-hydrogen) atoms. The maximum Gasteiger partial charge on any atom is 0.259 e. The van der Waals surface area contributed by atoms with Crippen LogP contribution in [0, 0.1) is 6.92 Å². The van der Waals surface area contributed by atoms with Crippen LogP contribution in [0.25, 0.3) is 22.8 Å². The summed E-state index contributed by atoms with van der Waals surface area (Å²) >= 11 is 0. The molecule has 4 aromatic rings. The van der Waals surface area contributed by atoms with E-state index < -0.39 is 0 Å². The summed E-state index contributed by atoms with van der Waals surface area (Å²) in [4.78, 5) is 29.1. The Kier molecular flexibility index (Phi) is 6.12. The molecule has 1 amide bonds. The number of carbonyl (C=O) groups is 1. The molecular formula is C24H22N4O4. The average molecular weight is 430 g/mol. The van der Waals surface area contributed by atoms with Gasteiger partial charge in [0, 0.05) is 24.4 Å². The van der Waals surface area contributed by atoms with E-state index in [9.17, 15) is 9.59 Å². The summed E-state index contributed by atoms with van der Waals surface area (Å²) in [5, 5.41) is 6.84. The Morgan fingerprint density at radius 1 is 1.09 bits per heavy atom. The summed E-state index contributed by atoms with van der Waals surface area (Å²) in [6.07, 6.45) is 1.54. The molecule has 0 bridgehead atoms. The van der Waals surface area contributed by atoms with Gasteiger partial charge in [0.15, 0.2) is 0 Å². The van der Waals surface area contributed by atoms with E-state index in [1.54, 1.807) is 19.4 Å². The summed E-state index contributed by atoms with van der Waals surface area (Å²) in [6.45, 7) is 2.18. The van der Waals surface area contributed by atoms with Crippen LogP contribution >= 0.6 is 0 Å². The molecule has 1 N–H and O–H groups in total. The lowest BCUT2D eigenvalue weighted by Gasteiger charge is -2.09. The van der Waals surface area contributed by atoms with Crippen molar-refractivity contribution in [3.8, 4) is 28.6 Å². The zero-order valence-electron chi connectivity index (χ0n) is 17.7. The number of aryl methyl sites for hydroxylation is 1. The van der Waals surface area contributed by atoms with E-state index in [1.807, 2.05) is 55.5 Å². The fourth-order valence-corrected chi connectivity index (χ4v) is 3.22. The monoisotopic (exact) mass is 430 g/mol. The molecule has 2 aromatic heterocycles. The summed E-state index contributed by atoms with van der Waals surface area (Å²) in [5.74, 6) is 1.15. The lowest BCUT2D eigenvalue weighted by atomic mass is 10.1. The zero-order valence-corrected chi connectivity index (χ0v) is 17.7. The number of aromatic nitrogens is 3. The van der Waals surface area contributed by atoms with E-state index in [2.05, 4.69) is 15.5 Å². The van der Waals surface area contributed by atoms with Crippen LogP contribution in [0.2, 0.25) is 0 Å². The first kappa shape index (κ1) is 21.0. The lowest BCUT2D eigenvalue weighted by molar-refractivity contribution is -0.121. The second-order valence-corrected chi connectivity index (χ2v) is 7.30. The van der Waals surface area contributed by atoms with E-state index in [1.165, 1.54) is 10.6 Å². The van der Waals surface area contributed by atoms with Crippen LogP contribution in [0.4, 0.5) is 0 Å². The van der Waals surface area contributed by atoms with E-state index in [0.29, 0.717) is 23.7 Å². The lowest BCUT2D eigenvalue weighted by Crippen LogP contribution is -2.31. The highest BCUT2D eigenvalue weighted by atomic mass is 16.5. The Hall–Kier alpha value is -4.20. The van der Waals surface area contributed by atoms with Crippen molar-refractivity contribution in [3.05, 3.63) is 88.3 Å². The first-order valence-corrected chi connectivity index (χ1v) is 10.0. The predicted molar refractivity (Wildman–Crippen MR) is 119 cm³/mol. The minimum atomic E-state index is -0.302. The molecule has 8 nitrogen and oxygen atoms in total. The van der Waals surface area contributed by atoms with Gasteiger partial charge in [0.05, 0.1) is 12.7 Å². The van der Waals surface area contributed by atoms with Gasteiger partial charge in [-0.3, -0.25) is 9.59 Å². The summed E-state index contributed by atoms with van der Waals surface area (Å²) in [7, 11) is 1.59. The molecule has 4 rings (SSSR count). The molecule has 0 radical (unpaired) electrons. The second kappa shape index (κ2) is 9.30. The predicted octanol–water partition coefficient (Wildman–Crippen LogP) is 3.20. The molecule has 0 atom stereocenters. The van der Waals surface area contributed by atoms with E-state index in [-0.39, 0.29) is 23.9 Å². The third-order valence-corrected chi connectivity index (χ3v) is 4.87. The van der Waals surface area contributed by atoms with Gasteiger partial charge in [0.2, 0.25) is 11.7 Å². The third kappa shape index (κ3) is 4.92. The van der Waals surface area contributed by atoms with Crippen molar-refractivity contribution >= 4 is 5.91 Å². The van der Waals surface area contributed by atoms with Gasteiger partial charge in [0.25, 0.3) is 11.4 Å². The molecule has 2 heterocycles. The number of hydrogen-bond acceptors (Lipinski definition) is 6. The summed E-state index contributed by atoms with van der Waals surface area (Å²) < 4.78 is 11.9. The van der Waals surface area contributed by atoms with Crippen LogP contribution in [0.15, 0.2) is 76.2 Å². The molecule has 162 valence electrons. The highest BCUT2D eigenvalue weighted by molar-refractivity contribution is 5.75. The van der Waals surface area contributed by atoms with Crippen LogP contribution in [0.3, 0.4) is 0 Å². The maximum absolute atomic E-state index is 12.4.